The average Bonchev–Trinajstić information content (AvgIpc) is 3.48. The Bertz CT molecular complexity index is 1480. The van der Waals surface area contributed by atoms with Gasteiger partial charge in [-0.15, -0.1) is 0 Å². The molecule has 1 amide bonds. The van der Waals surface area contributed by atoms with Crippen molar-refractivity contribution in [2.24, 2.45) is 11.3 Å². The van der Waals surface area contributed by atoms with E-state index in [1.54, 1.807) is 24.3 Å². The highest BCUT2D eigenvalue weighted by molar-refractivity contribution is 14.1. The van der Waals surface area contributed by atoms with E-state index < -0.39 is 78.2 Å². The van der Waals surface area contributed by atoms with Gasteiger partial charge in [-0.05, 0) is 84.7 Å². The number of nitrogens with one attached hydrogen (secondary N) is 2. The summed E-state index contributed by atoms with van der Waals surface area (Å²) in [7, 11) is 0.937. The summed E-state index contributed by atoms with van der Waals surface area (Å²) in [5.41, 5.74) is -2.63. The van der Waals surface area contributed by atoms with E-state index in [4.69, 9.17) is 0 Å². The highest BCUT2D eigenvalue weighted by atomic mass is 127. The second-order valence-electron chi connectivity index (χ2n) is 11.1. The van der Waals surface area contributed by atoms with Crippen molar-refractivity contribution >= 4 is 34.5 Å². The van der Waals surface area contributed by atoms with E-state index in [0.717, 1.165) is 42.9 Å². The molecule has 2 aromatic carbocycles. The Balaban J connectivity index is 1.79. The monoisotopic (exact) mass is 772 g/mol. The number of aromatic nitrogens is 2. The molecule has 0 unspecified atom stereocenters. The zero-order valence-electron chi connectivity index (χ0n) is 24.8. The number of carbonyl (C=O) groups is 2. The van der Waals surface area contributed by atoms with Gasteiger partial charge in [0.2, 0.25) is 0 Å². The molecule has 0 aliphatic heterocycles. The fourth-order valence-electron chi connectivity index (χ4n) is 4.68. The van der Waals surface area contributed by atoms with Crippen molar-refractivity contribution in [2.75, 3.05) is 13.7 Å². The van der Waals surface area contributed by atoms with Gasteiger partial charge in [-0.3, -0.25) is 4.79 Å². The molecule has 3 N–H and O–H groups in total. The van der Waals surface area contributed by atoms with Gasteiger partial charge in [0.05, 0.1) is 24.3 Å². The highest BCUT2D eigenvalue weighted by Gasteiger charge is 2.55. The van der Waals surface area contributed by atoms with Crippen LogP contribution in [-0.2, 0) is 22.5 Å². The van der Waals surface area contributed by atoms with Crippen LogP contribution in [0.1, 0.15) is 37.9 Å². The Kier molecular flexibility index (Phi) is 12.6. The Labute approximate surface area is 273 Å². The van der Waals surface area contributed by atoms with Crippen molar-refractivity contribution in [3.05, 3.63) is 75.0 Å². The van der Waals surface area contributed by atoms with Gasteiger partial charge in [0.1, 0.15) is 17.7 Å². The van der Waals surface area contributed by atoms with Crippen LogP contribution in [0.3, 0.4) is 0 Å². The lowest BCUT2D eigenvalue weighted by Crippen LogP contribution is -2.56. The SMILES string of the molecule is COC(=O)N[C@H](C(=O)C[C@@H](Cc1ccc(I)cc1)[C@@H](O)CNCc1c(F)cc(-c2ccn(C(F)F)n2)cc1F)C(C)(C)C(F)(F)F. The standard InChI is InChI=1S/C30H32F7IN4O4/c1-29(2,30(35,36)37)26(40-28(45)46-3)24(43)13-18(10-16-4-6-19(38)7-5-16)25(44)15-39-14-20-21(31)11-17(12-22(20)32)23-8-9-42(41-23)27(33)34/h4-9,11-12,18,25-27,39,44H,10,13-15H2,1-3H3,(H,40,45)/t18-,25+,26-/m1/s1. The summed E-state index contributed by atoms with van der Waals surface area (Å²) < 4.78 is 103. The molecule has 0 aliphatic carbocycles. The zero-order chi connectivity index (χ0) is 34.4. The van der Waals surface area contributed by atoms with Gasteiger partial charge in [-0.25, -0.2) is 18.3 Å². The summed E-state index contributed by atoms with van der Waals surface area (Å²) in [5, 5.41) is 19.4. The highest BCUT2D eigenvalue weighted by Crippen LogP contribution is 2.41. The minimum Gasteiger partial charge on any atom is -0.453 e. The Morgan fingerprint density at radius 1 is 1.07 bits per heavy atom. The van der Waals surface area contributed by atoms with Crippen LogP contribution in [0, 0.1) is 26.5 Å². The number of Topliss-reactive ketones (excluding diaryl/α,β-unsaturated/α-hetero) is 1. The quantitative estimate of drug-likeness (QED) is 0.129. The second-order valence-corrected chi connectivity index (χ2v) is 12.4. The first-order valence-corrected chi connectivity index (χ1v) is 14.9. The third kappa shape index (κ3) is 9.40. The molecule has 1 heterocycles. The smallest absolute Gasteiger partial charge is 0.407 e. The van der Waals surface area contributed by atoms with Gasteiger partial charge in [-0.2, -0.15) is 27.1 Å². The van der Waals surface area contributed by atoms with Crippen molar-refractivity contribution in [1.82, 2.24) is 20.4 Å². The lowest BCUT2D eigenvalue weighted by atomic mass is 9.77. The van der Waals surface area contributed by atoms with Crippen LogP contribution < -0.4 is 10.6 Å². The molecule has 0 bridgehead atoms. The zero-order valence-corrected chi connectivity index (χ0v) is 27.0. The van der Waals surface area contributed by atoms with Crippen LogP contribution in [0.4, 0.5) is 35.5 Å². The molecule has 1 aromatic heterocycles. The van der Waals surface area contributed by atoms with Gasteiger partial charge in [0.15, 0.2) is 5.78 Å². The molecule has 252 valence electrons. The van der Waals surface area contributed by atoms with E-state index in [1.807, 2.05) is 5.32 Å². The van der Waals surface area contributed by atoms with E-state index in [1.165, 1.54) is 6.07 Å². The number of ether oxygens (including phenoxy) is 1. The summed E-state index contributed by atoms with van der Waals surface area (Å²) in [6, 6.07) is 7.94. The first-order chi connectivity index (χ1) is 21.4. The number of alkyl halides is 5. The van der Waals surface area contributed by atoms with Gasteiger partial charge in [-0.1, -0.05) is 12.1 Å². The van der Waals surface area contributed by atoms with E-state index in [9.17, 15) is 45.4 Å². The number of hydrogen-bond acceptors (Lipinski definition) is 6. The molecule has 46 heavy (non-hydrogen) atoms. The van der Waals surface area contributed by atoms with Crippen LogP contribution in [0.5, 0.6) is 0 Å². The fraction of sp³-hybridized carbons (Fsp3) is 0.433. The van der Waals surface area contributed by atoms with Gasteiger partial charge >= 0.3 is 18.8 Å². The third-order valence-corrected chi connectivity index (χ3v) is 8.26. The summed E-state index contributed by atoms with van der Waals surface area (Å²) in [5.74, 6) is -4.02. The molecule has 0 radical (unpaired) electrons. The number of benzene rings is 2. The first kappa shape index (κ1) is 37.2. The second kappa shape index (κ2) is 15.6. The number of halogens is 8. The molecular weight excluding hydrogens is 740 g/mol. The van der Waals surface area contributed by atoms with Crippen molar-refractivity contribution in [2.45, 2.75) is 58.1 Å². The predicted molar refractivity (Wildman–Crippen MR) is 162 cm³/mol. The van der Waals surface area contributed by atoms with Crippen LogP contribution in [0.2, 0.25) is 0 Å². The molecule has 16 heteroatoms. The minimum absolute atomic E-state index is 0.0472. The number of methoxy groups -OCH3 is 1. The van der Waals surface area contributed by atoms with Crippen molar-refractivity contribution in [3.63, 3.8) is 0 Å². The number of amides is 1. The van der Waals surface area contributed by atoms with Crippen molar-refractivity contribution in [3.8, 4) is 11.3 Å². The number of hydrogen-bond donors (Lipinski definition) is 3. The van der Waals surface area contributed by atoms with Crippen LogP contribution >= 0.6 is 22.6 Å². The number of aliphatic hydroxyl groups excluding tert-OH is 1. The summed E-state index contributed by atoms with van der Waals surface area (Å²) in [6.45, 7) is -2.17. The van der Waals surface area contributed by atoms with Gasteiger partial charge in [0, 0.05) is 40.4 Å². The Hall–Kier alpha value is -3.25. The Morgan fingerprint density at radius 3 is 2.20 bits per heavy atom. The molecule has 0 saturated carbocycles. The molecule has 0 spiro atoms. The number of ketones is 1. The van der Waals surface area contributed by atoms with Crippen LogP contribution in [0.15, 0.2) is 48.7 Å². The Morgan fingerprint density at radius 2 is 1.67 bits per heavy atom. The first-order valence-electron chi connectivity index (χ1n) is 13.8. The minimum atomic E-state index is -4.90. The molecule has 8 nitrogen and oxygen atoms in total. The van der Waals surface area contributed by atoms with Gasteiger partial charge < -0.3 is 20.5 Å². The fourth-order valence-corrected chi connectivity index (χ4v) is 5.04. The lowest BCUT2D eigenvalue weighted by Gasteiger charge is -2.36. The van der Waals surface area contributed by atoms with E-state index in [-0.39, 0.29) is 24.2 Å². The molecule has 0 saturated heterocycles. The summed E-state index contributed by atoms with van der Waals surface area (Å²) in [6.07, 6.45) is -7.12. The molecule has 3 rings (SSSR count). The largest absolute Gasteiger partial charge is 0.453 e. The third-order valence-electron chi connectivity index (χ3n) is 7.54. The maximum atomic E-state index is 14.9. The number of rotatable bonds is 14. The maximum Gasteiger partial charge on any atom is 0.407 e. The number of alkyl carbamates (subject to hydrolysis) is 1. The number of nitrogens with zero attached hydrogens (tertiary/aromatic N) is 2. The number of carbonyl (C=O) groups excluding carboxylic acids is 2. The molecule has 0 aliphatic rings. The summed E-state index contributed by atoms with van der Waals surface area (Å²) in [4.78, 5) is 25.3. The summed E-state index contributed by atoms with van der Waals surface area (Å²) >= 11 is 2.07. The molecular formula is C30H32F7IN4O4. The normalized spacial score (nSPS) is 14.2. The van der Waals surface area contributed by atoms with E-state index >= 15 is 0 Å². The topological polar surface area (TPSA) is 105 Å². The van der Waals surface area contributed by atoms with E-state index in [2.05, 4.69) is 37.7 Å². The maximum absolute atomic E-state index is 14.9. The van der Waals surface area contributed by atoms with Crippen molar-refractivity contribution < 1.29 is 50.2 Å². The predicted octanol–water partition coefficient (Wildman–Crippen LogP) is 6.41. The van der Waals surface area contributed by atoms with Crippen LogP contribution in [0.25, 0.3) is 11.3 Å². The lowest BCUT2D eigenvalue weighted by molar-refractivity contribution is -0.220. The molecule has 3 atom stereocenters. The van der Waals surface area contributed by atoms with E-state index in [0.29, 0.717) is 10.2 Å². The van der Waals surface area contributed by atoms with Crippen molar-refractivity contribution in [1.29, 1.82) is 0 Å². The molecule has 0 fully saturated rings. The van der Waals surface area contributed by atoms with Crippen LogP contribution in [-0.4, -0.2) is 58.7 Å². The average molecular weight is 773 g/mol. The van der Waals surface area contributed by atoms with Gasteiger partial charge in [0.25, 0.3) is 0 Å². The number of aliphatic hydroxyl groups is 1. The molecule has 3 aromatic rings.